The van der Waals surface area contributed by atoms with Gasteiger partial charge in [0.05, 0.1) is 0 Å². The number of rotatable bonds is 14. The SMILES string of the molecule is CCCC(CCC)C(=O)NC(=O)[C@@](N)(CC(C)C)C(=O)C(CCC)CCC. The van der Waals surface area contributed by atoms with Gasteiger partial charge in [0.2, 0.25) is 5.91 Å². The fraction of sp³-hybridized carbons (Fsp3) is 0.864. The van der Waals surface area contributed by atoms with Crippen LogP contribution in [0, 0.1) is 17.8 Å². The first-order valence-electron chi connectivity index (χ1n) is 10.9. The second kappa shape index (κ2) is 13.0. The molecule has 0 bridgehead atoms. The Bertz CT molecular complexity index is 464. The van der Waals surface area contributed by atoms with Crippen LogP contribution in [0.15, 0.2) is 0 Å². The van der Waals surface area contributed by atoms with Crippen LogP contribution in [0.3, 0.4) is 0 Å². The Morgan fingerprint density at radius 2 is 1.22 bits per heavy atom. The van der Waals surface area contributed by atoms with Crippen molar-refractivity contribution in [1.82, 2.24) is 5.32 Å². The number of imide groups is 1. The lowest BCUT2D eigenvalue weighted by Crippen LogP contribution is -2.63. The molecule has 0 fully saturated rings. The van der Waals surface area contributed by atoms with Crippen LogP contribution < -0.4 is 11.1 Å². The third-order valence-corrected chi connectivity index (χ3v) is 5.10. The lowest BCUT2D eigenvalue weighted by Gasteiger charge is -2.32. The maximum absolute atomic E-state index is 13.2. The summed E-state index contributed by atoms with van der Waals surface area (Å²) in [6.07, 6.45) is 6.64. The van der Waals surface area contributed by atoms with Crippen molar-refractivity contribution in [3.8, 4) is 0 Å². The molecule has 5 heteroatoms. The summed E-state index contributed by atoms with van der Waals surface area (Å²) in [6.45, 7) is 12.0. The monoisotopic (exact) mass is 382 g/mol. The molecular weight excluding hydrogens is 340 g/mol. The Kier molecular flexibility index (Phi) is 12.4. The number of carbonyl (C=O) groups excluding carboxylic acids is 3. The van der Waals surface area contributed by atoms with Gasteiger partial charge in [-0.2, -0.15) is 0 Å². The number of nitrogens with one attached hydrogen (secondary N) is 1. The van der Waals surface area contributed by atoms with Crippen molar-refractivity contribution in [2.24, 2.45) is 23.5 Å². The quantitative estimate of drug-likeness (QED) is 0.436. The smallest absolute Gasteiger partial charge is 0.254 e. The summed E-state index contributed by atoms with van der Waals surface area (Å²) in [7, 11) is 0. The van der Waals surface area contributed by atoms with E-state index in [0.717, 1.165) is 51.4 Å². The average Bonchev–Trinajstić information content (AvgIpc) is 2.59. The van der Waals surface area contributed by atoms with Crippen LogP contribution in [0.5, 0.6) is 0 Å². The molecule has 0 rings (SSSR count). The van der Waals surface area contributed by atoms with Crippen LogP contribution in [0.4, 0.5) is 0 Å². The Hall–Kier alpha value is -1.23. The van der Waals surface area contributed by atoms with Crippen LogP contribution in [-0.2, 0) is 14.4 Å². The van der Waals surface area contributed by atoms with Crippen LogP contribution in [-0.4, -0.2) is 23.1 Å². The molecule has 0 aliphatic carbocycles. The van der Waals surface area contributed by atoms with Crippen molar-refractivity contribution in [1.29, 1.82) is 0 Å². The van der Waals surface area contributed by atoms with Gasteiger partial charge in [-0.1, -0.05) is 67.2 Å². The standard InChI is InChI=1S/C22H42N2O3/c1-7-11-17(12-8-2)19(25)22(23,15-16(5)6)21(27)24-20(26)18(13-9-3)14-10-4/h16-18H,7-15,23H2,1-6H3,(H,24,26,27)/t22-/m1/s1. The maximum Gasteiger partial charge on any atom is 0.254 e. The van der Waals surface area contributed by atoms with Gasteiger partial charge in [-0.05, 0) is 38.0 Å². The molecule has 0 aromatic carbocycles. The zero-order valence-corrected chi connectivity index (χ0v) is 18.4. The van der Waals surface area contributed by atoms with E-state index in [2.05, 4.69) is 5.32 Å². The molecule has 0 unspecified atom stereocenters. The number of Topliss-reactive ketones (excluding diaryl/α,β-unsaturated/α-hetero) is 1. The molecule has 1 atom stereocenters. The minimum atomic E-state index is -1.64. The highest BCUT2D eigenvalue weighted by Gasteiger charge is 2.45. The van der Waals surface area contributed by atoms with E-state index in [1.807, 2.05) is 41.5 Å². The van der Waals surface area contributed by atoms with Crippen molar-refractivity contribution in [3.05, 3.63) is 0 Å². The summed E-state index contributed by atoms with van der Waals surface area (Å²) in [6, 6.07) is 0. The highest BCUT2D eigenvalue weighted by atomic mass is 16.2. The molecule has 27 heavy (non-hydrogen) atoms. The third-order valence-electron chi connectivity index (χ3n) is 5.10. The lowest BCUT2D eigenvalue weighted by atomic mass is 9.77. The van der Waals surface area contributed by atoms with Crippen molar-refractivity contribution >= 4 is 17.6 Å². The molecule has 3 N–H and O–H groups in total. The molecule has 5 nitrogen and oxygen atoms in total. The van der Waals surface area contributed by atoms with Gasteiger partial charge in [-0.25, -0.2) is 0 Å². The maximum atomic E-state index is 13.2. The average molecular weight is 383 g/mol. The fourth-order valence-electron chi connectivity index (χ4n) is 3.85. The molecule has 0 aromatic rings. The number of carbonyl (C=O) groups is 3. The first kappa shape index (κ1) is 25.8. The fourth-order valence-corrected chi connectivity index (χ4v) is 3.85. The topological polar surface area (TPSA) is 89.3 Å². The number of hydrogen-bond donors (Lipinski definition) is 2. The minimum absolute atomic E-state index is 0.0748. The van der Waals surface area contributed by atoms with Crippen molar-refractivity contribution in [2.45, 2.75) is 105 Å². The summed E-state index contributed by atoms with van der Waals surface area (Å²) in [4.78, 5) is 38.8. The van der Waals surface area contributed by atoms with Gasteiger partial charge >= 0.3 is 0 Å². The zero-order valence-electron chi connectivity index (χ0n) is 18.4. The Labute approximate surface area is 166 Å². The van der Waals surface area contributed by atoms with Crippen molar-refractivity contribution in [2.75, 3.05) is 0 Å². The highest BCUT2D eigenvalue weighted by molar-refractivity contribution is 6.15. The molecule has 0 aromatic heterocycles. The predicted octanol–water partition coefficient (Wildman–Crippen LogP) is 4.37. The zero-order chi connectivity index (χ0) is 21.0. The first-order chi connectivity index (χ1) is 12.7. The molecule has 0 aliphatic heterocycles. The third kappa shape index (κ3) is 8.12. The van der Waals surface area contributed by atoms with Crippen LogP contribution in [0.25, 0.3) is 0 Å². The van der Waals surface area contributed by atoms with Gasteiger partial charge in [0.1, 0.15) is 0 Å². The van der Waals surface area contributed by atoms with Gasteiger partial charge in [-0.3, -0.25) is 19.7 Å². The normalized spacial score (nSPS) is 13.9. The van der Waals surface area contributed by atoms with E-state index >= 15 is 0 Å². The van der Waals surface area contributed by atoms with E-state index in [1.165, 1.54) is 0 Å². The number of hydrogen-bond acceptors (Lipinski definition) is 4. The van der Waals surface area contributed by atoms with Crippen molar-refractivity contribution in [3.63, 3.8) is 0 Å². The van der Waals surface area contributed by atoms with Crippen LogP contribution in [0.1, 0.15) is 99.3 Å². The van der Waals surface area contributed by atoms with Gasteiger partial charge < -0.3 is 5.73 Å². The number of nitrogens with two attached hydrogens (primary N) is 1. The molecule has 0 radical (unpaired) electrons. The minimum Gasteiger partial charge on any atom is -0.311 e. The Balaban J connectivity index is 5.53. The van der Waals surface area contributed by atoms with Crippen LogP contribution >= 0.6 is 0 Å². The number of ketones is 1. The van der Waals surface area contributed by atoms with Gasteiger partial charge in [0.15, 0.2) is 11.3 Å². The van der Waals surface area contributed by atoms with E-state index in [4.69, 9.17) is 5.73 Å². The van der Waals surface area contributed by atoms with Crippen molar-refractivity contribution < 1.29 is 14.4 Å². The van der Waals surface area contributed by atoms with E-state index in [1.54, 1.807) is 0 Å². The Morgan fingerprint density at radius 3 is 1.59 bits per heavy atom. The molecule has 158 valence electrons. The molecule has 0 saturated carbocycles. The van der Waals surface area contributed by atoms with E-state index in [9.17, 15) is 14.4 Å². The van der Waals surface area contributed by atoms with Gasteiger partial charge in [0, 0.05) is 11.8 Å². The molecule has 2 amide bonds. The van der Waals surface area contributed by atoms with E-state index < -0.39 is 11.4 Å². The van der Waals surface area contributed by atoms with Gasteiger partial charge in [-0.15, -0.1) is 0 Å². The molecule has 0 heterocycles. The largest absolute Gasteiger partial charge is 0.311 e. The molecule has 0 saturated heterocycles. The van der Waals surface area contributed by atoms with E-state index in [0.29, 0.717) is 0 Å². The highest BCUT2D eigenvalue weighted by Crippen LogP contribution is 2.26. The second-order valence-corrected chi connectivity index (χ2v) is 8.30. The number of amides is 2. The Morgan fingerprint density at radius 1 is 0.815 bits per heavy atom. The summed E-state index contributed by atoms with van der Waals surface area (Å²) < 4.78 is 0. The van der Waals surface area contributed by atoms with Gasteiger partial charge in [0.25, 0.3) is 5.91 Å². The second-order valence-electron chi connectivity index (χ2n) is 8.30. The summed E-state index contributed by atoms with van der Waals surface area (Å²) in [5, 5.41) is 2.49. The summed E-state index contributed by atoms with van der Waals surface area (Å²) in [5.74, 6) is -1.49. The first-order valence-corrected chi connectivity index (χ1v) is 10.9. The van der Waals surface area contributed by atoms with E-state index in [-0.39, 0.29) is 35.9 Å². The molecular formula is C22H42N2O3. The summed E-state index contributed by atoms with van der Waals surface area (Å²) >= 11 is 0. The van der Waals surface area contributed by atoms with Crippen LogP contribution in [0.2, 0.25) is 0 Å². The molecule has 0 spiro atoms. The summed E-state index contributed by atoms with van der Waals surface area (Å²) in [5.41, 5.74) is 4.79. The predicted molar refractivity (Wildman–Crippen MR) is 111 cm³/mol. The molecule has 0 aliphatic rings. The lowest BCUT2D eigenvalue weighted by molar-refractivity contribution is -0.142.